The van der Waals surface area contributed by atoms with Crippen molar-refractivity contribution in [3.63, 3.8) is 0 Å². The predicted octanol–water partition coefficient (Wildman–Crippen LogP) is 4.00. The van der Waals surface area contributed by atoms with E-state index in [9.17, 15) is 23.2 Å². The Kier molecular flexibility index (Phi) is 9.78. The van der Waals surface area contributed by atoms with E-state index in [1.165, 1.54) is 26.1 Å². The first kappa shape index (κ1) is 31.9. The molecule has 2 aromatic carbocycles. The summed E-state index contributed by atoms with van der Waals surface area (Å²) >= 11 is 0. The van der Waals surface area contributed by atoms with E-state index in [4.69, 9.17) is 14.3 Å². The Labute approximate surface area is 244 Å². The highest BCUT2D eigenvalue weighted by molar-refractivity contribution is 7.90. The van der Waals surface area contributed by atoms with Crippen LogP contribution in [0.25, 0.3) is 16.9 Å². The number of hydrogen-bond donors (Lipinski definition) is 1. The molecule has 14 nitrogen and oxygen atoms in total. The number of rotatable bonds is 10. The normalized spacial score (nSPS) is 12.8. The molecule has 1 heterocycles. The molecule has 1 N–H and O–H groups in total. The Morgan fingerprint density at radius 2 is 1.74 bits per heavy atom. The van der Waals surface area contributed by atoms with Crippen LogP contribution in [0.15, 0.2) is 64.8 Å². The molecule has 0 fully saturated rings. The van der Waals surface area contributed by atoms with Crippen LogP contribution in [0.2, 0.25) is 0 Å². The van der Waals surface area contributed by atoms with E-state index in [0.717, 1.165) is 27.5 Å². The number of benzene rings is 2. The van der Waals surface area contributed by atoms with Gasteiger partial charge in [0.05, 0.1) is 34.0 Å². The molecule has 0 aliphatic carbocycles. The van der Waals surface area contributed by atoms with Gasteiger partial charge in [-0.25, -0.2) is 22.6 Å². The predicted molar refractivity (Wildman–Crippen MR) is 150 cm³/mol. The highest BCUT2D eigenvalue weighted by atomic mass is 32.2. The van der Waals surface area contributed by atoms with Gasteiger partial charge in [0.1, 0.15) is 5.60 Å². The quantitative estimate of drug-likeness (QED) is 0.118. The number of ether oxygens (including phenoxy) is 2. The minimum atomic E-state index is -4.26. The van der Waals surface area contributed by atoms with Gasteiger partial charge in [0.2, 0.25) is 5.28 Å². The average Bonchev–Trinajstić information content (AvgIpc) is 3.27. The van der Waals surface area contributed by atoms with E-state index in [0.29, 0.717) is 5.69 Å². The molecule has 1 unspecified atom stereocenters. The smallest absolute Gasteiger partial charge is 0.511 e. The topological polar surface area (TPSA) is 167 Å². The van der Waals surface area contributed by atoms with Gasteiger partial charge < -0.3 is 14.7 Å². The van der Waals surface area contributed by atoms with Crippen LogP contribution in [0, 0.1) is 19.1 Å². The number of hydrazine groups is 1. The molecule has 42 heavy (non-hydrogen) atoms. The zero-order chi connectivity index (χ0) is 31.2. The molecule has 0 spiro atoms. The Balaban J connectivity index is 1.61. The Morgan fingerprint density at radius 1 is 1.12 bits per heavy atom. The van der Waals surface area contributed by atoms with Crippen molar-refractivity contribution < 1.29 is 37.3 Å². The maximum atomic E-state index is 12.8. The van der Waals surface area contributed by atoms with Crippen LogP contribution < -0.4 is 4.72 Å². The number of nitrogens with one attached hydrogen (secondary N) is 1. The van der Waals surface area contributed by atoms with Crippen LogP contribution in [0.4, 0.5) is 4.79 Å². The average molecular weight is 603 g/mol. The summed E-state index contributed by atoms with van der Waals surface area (Å²) in [6.45, 7) is 9.40. The summed E-state index contributed by atoms with van der Waals surface area (Å²) in [5.41, 5.74) is 3.52. The van der Waals surface area contributed by atoms with Crippen LogP contribution in [0.1, 0.15) is 39.0 Å². The Bertz CT molecular complexity index is 1540. The molecule has 0 bridgehead atoms. The van der Waals surface area contributed by atoms with Gasteiger partial charge in [-0.2, -0.15) is 5.10 Å². The highest BCUT2D eigenvalue weighted by Crippen LogP contribution is 2.25. The van der Waals surface area contributed by atoms with Crippen LogP contribution in [0.5, 0.6) is 0 Å². The van der Waals surface area contributed by atoms with Crippen LogP contribution >= 0.6 is 0 Å². The van der Waals surface area contributed by atoms with Crippen molar-refractivity contribution in [1.29, 1.82) is 0 Å². The lowest BCUT2D eigenvalue weighted by molar-refractivity contribution is -0.705. The molecule has 3 rings (SSSR count). The van der Waals surface area contributed by atoms with Crippen molar-refractivity contribution in [3.05, 3.63) is 71.1 Å². The third-order valence-electron chi connectivity index (χ3n) is 5.40. The first-order valence-corrected chi connectivity index (χ1v) is 14.3. The second-order valence-corrected chi connectivity index (χ2v) is 12.1. The zero-order valence-electron chi connectivity index (χ0n) is 24.4. The molecule has 3 aromatic rings. The number of aryl methyl sites for hydroxylation is 2. The van der Waals surface area contributed by atoms with E-state index < -0.39 is 40.5 Å². The molecule has 1 amide bonds. The largest absolute Gasteiger partial charge is 0.569 e. The molecule has 0 aliphatic rings. The fraction of sp³-hybridized carbons (Fsp3) is 0.370. The van der Waals surface area contributed by atoms with Gasteiger partial charge in [0.15, 0.2) is 6.54 Å². The number of aromatic nitrogens is 2. The number of hydrogen-bond acceptors (Lipinski definition) is 10. The third kappa shape index (κ3) is 8.92. The lowest BCUT2D eigenvalue weighted by atomic mass is 10.1. The number of carbonyl (C=O) groups is 2. The number of likely N-dealkylation sites (N-methyl/N-ethyl adjacent to an activating group) is 1. The van der Waals surface area contributed by atoms with E-state index in [1.807, 2.05) is 48.9 Å². The van der Waals surface area contributed by atoms with Crippen LogP contribution in [0.3, 0.4) is 0 Å². The first-order valence-electron chi connectivity index (χ1n) is 12.8. The highest BCUT2D eigenvalue weighted by Gasteiger charge is 2.23. The molecular weight excluding hydrogens is 568 g/mol. The minimum absolute atomic E-state index is 0.104. The molecule has 226 valence electrons. The second kappa shape index (κ2) is 12.9. The fourth-order valence-electron chi connectivity index (χ4n) is 3.50. The lowest BCUT2D eigenvalue weighted by Crippen LogP contribution is -2.41. The summed E-state index contributed by atoms with van der Waals surface area (Å²) in [6.07, 6.45) is -2.31. The van der Waals surface area contributed by atoms with E-state index in [2.05, 4.69) is 10.4 Å². The fourth-order valence-corrected chi connectivity index (χ4v) is 4.48. The maximum Gasteiger partial charge on any atom is 0.511 e. The van der Waals surface area contributed by atoms with Gasteiger partial charge in [0.25, 0.3) is 22.2 Å². The lowest BCUT2D eigenvalue weighted by Gasteiger charge is -2.20. The summed E-state index contributed by atoms with van der Waals surface area (Å²) in [4.78, 5) is 28.5. The van der Waals surface area contributed by atoms with E-state index in [-0.39, 0.29) is 9.87 Å². The van der Waals surface area contributed by atoms with Gasteiger partial charge >= 0.3 is 6.16 Å². The molecule has 0 radical (unpaired) electrons. The molecule has 0 aliphatic heterocycles. The molecule has 1 aromatic heterocycles. The van der Waals surface area contributed by atoms with Crippen LogP contribution in [-0.4, -0.2) is 65.7 Å². The number of sulfonamides is 1. The van der Waals surface area contributed by atoms with Gasteiger partial charge in [-0.1, -0.05) is 29.8 Å². The monoisotopic (exact) mass is 602 g/mol. The summed E-state index contributed by atoms with van der Waals surface area (Å²) in [6, 6.07) is 15.7. The zero-order valence-corrected chi connectivity index (χ0v) is 25.2. The number of carbonyl (C=O) groups excluding carboxylic acids is 2. The van der Waals surface area contributed by atoms with Crippen molar-refractivity contribution >= 4 is 22.1 Å². The molecule has 15 heteroatoms. The van der Waals surface area contributed by atoms with Crippen molar-refractivity contribution in [2.75, 3.05) is 13.6 Å². The third-order valence-corrected chi connectivity index (χ3v) is 6.79. The van der Waals surface area contributed by atoms with E-state index in [1.54, 1.807) is 37.6 Å². The van der Waals surface area contributed by atoms with Gasteiger partial charge in [-0.15, -0.1) is 5.01 Å². The summed E-state index contributed by atoms with van der Waals surface area (Å²) in [5.74, 6) is -1.000. The Morgan fingerprint density at radius 3 is 2.33 bits per heavy atom. The first-order chi connectivity index (χ1) is 19.5. The summed E-state index contributed by atoms with van der Waals surface area (Å²) in [5, 5.41) is 20.6. The van der Waals surface area contributed by atoms with Gasteiger partial charge in [-0.3, -0.25) is 9.63 Å². The standard InChI is InChI=1S/C27H34N6O8S/c1-18-8-10-21(11-9-18)24-16-19(2)28-32(24)22-12-14-23(15-13-22)42(37,38)29-25(34)17-31(7)33(36)30-41-20(3)39-26(35)40-27(4,5)6/h8-16,20H,17H2,1-7H3,(H,29,34)/b33-30-. The van der Waals surface area contributed by atoms with Gasteiger partial charge in [-0.05, 0) is 65.0 Å². The van der Waals surface area contributed by atoms with Gasteiger partial charge in [0, 0.05) is 12.5 Å². The molecular formula is C27H34N6O8S. The number of nitrogens with zero attached hydrogens (tertiary/aromatic N) is 5. The van der Waals surface area contributed by atoms with Crippen LogP contribution in [-0.2, 0) is 29.1 Å². The second-order valence-electron chi connectivity index (χ2n) is 10.4. The van der Waals surface area contributed by atoms with Crippen molar-refractivity contribution in [2.45, 2.75) is 58.3 Å². The maximum absolute atomic E-state index is 12.8. The molecule has 0 saturated heterocycles. The van der Waals surface area contributed by atoms with Crippen molar-refractivity contribution in [1.82, 2.24) is 19.5 Å². The summed E-state index contributed by atoms with van der Waals surface area (Å²) < 4.78 is 39.0. The SMILES string of the molecule is Cc1ccc(-c2cc(C)nn2-c2ccc(S(=O)(=O)NC(=O)CN(C)/[N+]([O-])=N/OC(C)OC(=O)OC(C)(C)C)cc2)cc1. The molecule has 0 saturated carbocycles. The number of amides is 1. The minimum Gasteiger partial charge on any atom is -0.569 e. The molecule has 1 atom stereocenters. The Hall–Kier alpha value is -4.66. The van der Waals surface area contributed by atoms with E-state index >= 15 is 0 Å². The van der Waals surface area contributed by atoms with Crippen molar-refractivity contribution in [2.24, 2.45) is 5.28 Å². The summed E-state index contributed by atoms with van der Waals surface area (Å²) in [7, 11) is -3.08. The van der Waals surface area contributed by atoms with Crippen molar-refractivity contribution in [3.8, 4) is 16.9 Å².